The number of carbonyl (C=O) groups is 1. The monoisotopic (exact) mass is 405 g/mol. The molecule has 0 bridgehead atoms. The molecule has 29 heavy (non-hydrogen) atoms. The first-order valence-electron chi connectivity index (χ1n) is 9.04. The number of alkyl halides is 3. The largest absolute Gasteiger partial charge is 0.496 e. The summed E-state index contributed by atoms with van der Waals surface area (Å²) in [6.45, 7) is 1.79. The second-order valence-electron chi connectivity index (χ2n) is 6.89. The van der Waals surface area contributed by atoms with Crippen LogP contribution in [0, 0.1) is 6.92 Å². The minimum atomic E-state index is -4.55. The minimum absolute atomic E-state index is 0.278. The molecule has 7 heteroatoms. The van der Waals surface area contributed by atoms with Crippen molar-refractivity contribution in [3.05, 3.63) is 64.8 Å². The van der Waals surface area contributed by atoms with Gasteiger partial charge in [0.05, 0.1) is 25.7 Å². The zero-order chi connectivity index (χ0) is 21.3. The van der Waals surface area contributed by atoms with Crippen molar-refractivity contribution in [3.8, 4) is 5.75 Å². The molecule has 0 spiro atoms. The van der Waals surface area contributed by atoms with Crippen LogP contribution in [0.5, 0.6) is 5.75 Å². The fourth-order valence-corrected chi connectivity index (χ4v) is 3.74. The quantitative estimate of drug-likeness (QED) is 0.560. The second-order valence-corrected chi connectivity index (χ2v) is 6.89. The molecule has 0 N–H and O–H groups in total. The summed E-state index contributed by atoms with van der Waals surface area (Å²) in [6, 6.07) is 11.9. The van der Waals surface area contributed by atoms with Crippen LogP contribution >= 0.6 is 0 Å². The summed E-state index contributed by atoms with van der Waals surface area (Å²) in [5, 5.41) is 0.543. The molecule has 3 aromatic rings. The van der Waals surface area contributed by atoms with Gasteiger partial charge in [-0.05, 0) is 36.6 Å². The van der Waals surface area contributed by atoms with Crippen LogP contribution in [0.4, 0.5) is 13.2 Å². The Hall–Kier alpha value is -2.96. The third-order valence-electron chi connectivity index (χ3n) is 5.28. The number of aromatic nitrogens is 1. The normalized spacial score (nSPS) is 12.8. The van der Waals surface area contributed by atoms with Gasteiger partial charge < -0.3 is 14.0 Å². The number of halogens is 3. The predicted molar refractivity (Wildman–Crippen MR) is 104 cm³/mol. The van der Waals surface area contributed by atoms with E-state index in [-0.39, 0.29) is 5.75 Å². The Morgan fingerprint density at radius 2 is 1.79 bits per heavy atom. The molecular weight excluding hydrogens is 383 g/mol. The Labute approximate surface area is 166 Å². The second kappa shape index (κ2) is 7.81. The van der Waals surface area contributed by atoms with E-state index in [4.69, 9.17) is 9.47 Å². The van der Waals surface area contributed by atoms with Gasteiger partial charge in [-0.25, -0.2) is 0 Å². The summed E-state index contributed by atoms with van der Waals surface area (Å²) in [5.41, 5.74) is 1.81. The van der Waals surface area contributed by atoms with Crippen molar-refractivity contribution in [2.75, 3.05) is 14.2 Å². The third-order valence-corrected chi connectivity index (χ3v) is 5.28. The van der Waals surface area contributed by atoms with Crippen LogP contribution in [-0.2, 0) is 29.2 Å². The number of hydrogen-bond acceptors (Lipinski definition) is 3. The molecule has 0 saturated heterocycles. The van der Waals surface area contributed by atoms with E-state index in [0.717, 1.165) is 11.6 Å². The molecule has 1 unspecified atom stereocenters. The van der Waals surface area contributed by atoms with E-state index in [1.165, 1.54) is 20.3 Å². The molecule has 0 amide bonds. The average molecular weight is 405 g/mol. The van der Waals surface area contributed by atoms with Crippen molar-refractivity contribution < 1.29 is 27.4 Å². The maximum atomic E-state index is 13.5. The van der Waals surface area contributed by atoms with E-state index in [2.05, 4.69) is 0 Å². The van der Waals surface area contributed by atoms with E-state index in [1.54, 1.807) is 18.5 Å². The van der Waals surface area contributed by atoms with Crippen LogP contribution in [0.15, 0.2) is 42.5 Å². The van der Waals surface area contributed by atoms with Gasteiger partial charge in [-0.1, -0.05) is 30.3 Å². The molecule has 1 atom stereocenters. The number of aryl methyl sites for hydroxylation is 1. The molecule has 0 aliphatic heterocycles. The fourth-order valence-electron chi connectivity index (χ4n) is 3.74. The Balaban J connectivity index is 2.25. The number of hydrogen-bond donors (Lipinski definition) is 0. The molecule has 4 nitrogen and oxygen atoms in total. The summed E-state index contributed by atoms with van der Waals surface area (Å²) in [7, 11) is 4.20. The van der Waals surface area contributed by atoms with Crippen LogP contribution in [0.1, 0.15) is 28.3 Å². The first-order valence-corrected chi connectivity index (χ1v) is 9.04. The first-order chi connectivity index (χ1) is 13.7. The molecule has 0 saturated carbocycles. The Morgan fingerprint density at radius 1 is 1.14 bits per heavy atom. The van der Waals surface area contributed by atoms with Crippen LogP contribution in [0.2, 0.25) is 0 Å². The van der Waals surface area contributed by atoms with Crippen molar-refractivity contribution in [2.45, 2.75) is 25.4 Å². The van der Waals surface area contributed by atoms with Gasteiger partial charge in [0, 0.05) is 23.6 Å². The lowest BCUT2D eigenvalue weighted by atomic mass is 9.89. The number of carbonyl (C=O) groups excluding carboxylic acids is 1. The zero-order valence-corrected chi connectivity index (χ0v) is 16.6. The van der Waals surface area contributed by atoms with Crippen LogP contribution in [0.25, 0.3) is 10.9 Å². The van der Waals surface area contributed by atoms with Crippen molar-refractivity contribution in [3.63, 3.8) is 0 Å². The lowest BCUT2D eigenvalue weighted by Crippen LogP contribution is -2.18. The Morgan fingerprint density at radius 3 is 2.34 bits per heavy atom. The summed E-state index contributed by atoms with van der Waals surface area (Å²) >= 11 is 0. The molecule has 0 aliphatic rings. The van der Waals surface area contributed by atoms with E-state index in [1.807, 2.05) is 30.3 Å². The van der Waals surface area contributed by atoms with Gasteiger partial charge in [-0.2, -0.15) is 13.2 Å². The van der Waals surface area contributed by atoms with Gasteiger partial charge in [0.15, 0.2) is 0 Å². The number of ether oxygens (including phenoxy) is 2. The molecular formula is C22H22F3NO3. The van der Waals surface area contributed by atoms with E-state index in [0.29, 0.717) is 28.6 Å². The molecule has 0 radical (unpaired) electrons. The van der Waals surface area contributed by atoms with E-state index < -0.39 is 23.6 Å². The molecule has 3 rings (SSSR count). The predicted octanol–water partition coefficient (Wildman–Crippen LogP) is 5.01. The molecule has 154 valence electrons. The number of nitrogens with zero attached hydrogens (tertiary/aromatic N) is 1. The maximum Gasteiger partial charge on any atom is 0.420 e. The number of benzene rings is 2. The Bertz CT molecular complexity index is 1040. The van der Waals surface area contributed by atoms with Crippen LogP contribution < -0.4 is 4.74 Å². The average Bonchev–Trinajstić information content (AvgIpc) is 2.94. The van der Waals surface area contributed by atoms with Crippen molar-refractivity contribution in [1.82, 2.24) is 4.57 Å². The van der Waals surface area contributed by atoms with Gasteiger partial charge in [-0.3, -0.25) is 4.79 Å². The molecule has 0 aliphatic carbocycles. The first kappa shape index (κ1) is 20.8. The molecule has 1 aromatic heterocycles. The van der Waals surface area contributed by atoms with Crippen molar-refractivity contribution in [1.29, 1.82) is 0 Å². The molecule has 0 fully saturated rings. The molecule has 1 heterocycles. The van der Waals surface area contributed by atoms with Crippen molar-refractivity contribution in [2.24, 2.45) is 7.05 Å². The maximum absolute atomic E-state index is 13.5. The zero-order valence-electron chi connectivity index (χ0n) is 16.6. The van der Waals surface area contributed by atoms with Gasteiger partial charge >= 0.3 is 12.1 Å². The minimum Gasteiger partial charge on any atom is -0.496 e. The SMILES string of the molecule is COC(=O)C(Cc1ccccc1)c1c(C)n(C)c2cc(C(F)(F)F)c(OC)cc12. The fraction of sp³-hybridized carbons (Fsp3) is 0.318. The topological polar surface area (TPSA) is 40.5 Å². The lowest BCUT2D eigenvalue weighted by molar-refractivity contribution is -0.142. The standard InChI is InChI=1S/C22H22F3NO3/c1-13-20(16(21(27)29-4)10-14-8-6-5-7-9-14)15-11-19(28-3)17(22(23,24)25)12-18(15)26(13)2/h5-9,11-12,16H,10H2,1-4H3. The number of esters is 1. The Kier molecular flexibility index (Phi) is 5.59. The highest BCUT2D eigenvalue weighted by Crippen LogP contribution is 2.42. The van der Waals surface area contributed by atoms with Crippen LogP contribution in [-0.4, -0.2) is 24.8 Å². The number of rotatable bonds is 5. The van der Waals surface area contributed by atoms with Gasteiger partial charge in [0.2, 0.25) is 0 Å². The number of methoxy groups -OCH3 is 2. The molecule has 2 aromatic carbocycles. The highest BCUT2D eigenvalue weighted by Gasteiger charge is 2.36. The highest BCUT2D eigenvalue weighted by atomic mass is 19.4. The summed E-state index contributed by atoms with van der Waals surface area (Å²) in [4.78, 5) is 12.7. The van der Waals surface area contributed by atoms with E-state index in [9.17, 15) is 18.0 Å². The van der Waals surface area contributed by atoms with Gasteiger partial charge in [0.25, 0.3) is 0 Å². The third kappa shape index (κ3) is 3.81. The summed E-state index contributed by atoms with van der Waals surface area (Å²) in [5.74, 6) is -1.38. The van der Waals surface area contributed by atoms with Gasteiger partial charge in [0.1, 0.15) is 5.75 Å². The highest BCUT2D eigenvalue weighted by molar-refractivity contribution is 5.93. The smallest absolute Gasteiger partial charge is 0.420 e. The number of fused-ring (bicyclic) bond motifs is 1. The summed E-state index contributed by atoms with van der Waals surface area (Å²) < 4.78 is 52.1. The van der Waals surface area contributed by atoms with E-state index >= 15 is 0 Å². The lowest BCUT2D eigenvalue weighted by Gasteiger charge is -2.17. The van der Waals surface area contributed by atoms with Crippen LogP contribution in [0.3, 0.4) is 0 Å². The van der Waals surface area contributed by atoms with Crippen molar-refractivity contribution >= 4 is 16.9 Å². The summed E-state index contributed by atoms with van der Waals surface area (Å²) in [6.07, 6.45) is -4.18. The van der Waals surface area contributed by atoms with Gasteiger partial charge in [-0.15, -0.1) is 0 Å².